The van der Waals surface area contributed by atoms with Crippen LogP contribution in [0.5, 0.6) is 11.5 Å². The largest absolute Gasteiger partial charge is 0.550 e. The number of hydrogen-bond donors (Lipinski definition) is 0. The average Bonchev–Trinajstić information content (AvgIpc) is 2.25. The van der Waals surface area contributed by atoms with Crippen molar-refractivity contribution in [3.63, 3.8) is 0 Å². The number of aryl methyl sites for hydroxylation is 1. The van der Waals surface area contributed by atoms with Crippen LogP contribution in [0, 0.1) is 0 Å². The van der Waals surface area contributed by atoms with Gasteiger partial charge in [-0.1, -0.05) is 6.07 Å². The van der Waals surface area contributed by atoms with E-state index in [1.54, 1.807) is 26.4 Å². The molecule has 0 unspecified atom stereocenters. The van der Waals surface area contributed by atoms with E-state index in [2.05, 4.69) is 0 Å². The highest BCUT2D eigenvalue weighted by Gasteiger charge is 2.04. The molecule has 1 aromatic rings. The van der Waals surface area contributed by atoms with Gasteiger partial charge in [0.05, 0.1) is 14.2 Å². The van der Waals surface area contributed by atoms with Crippen molar-refractivity contribution in [2.45, 2.75) is 12.8 Å². The molecule has 1 rings (SSSR count). The Balaban J connectivity index is 2.78. The van der Waals surface area contributed by atoms with Crippen molar-refractivity contribution < 1.29 is 19.4 Å². The zero-order valence-corrected chi connectivity index (χ0v) is 8.78. The Labute approximate surface area is 88.4 Å². The van der Waals surface area contributed by atoms with E-state index in [0.29, 0.717) is 17.9 Å². The topological polar surface area (TPSA) is 58.6 Å². The van der Waals surface area contributed by atoms with Crippen LogP contribution in [0.1, 0.15) is 12.0 Å². The summed E-state index contributed by atoms with van der Waals surface area (Å²) < 4.78 is 10.2. The van der Waals surface area contributed by atoms with Crippen LogP contribution in [0.3, 0.4) is 0 Å². The van der Waals surface area contributed by atoms with Crippen molar-refractivity contribution in [1.82, 2.24) is 0 Å². The second-order valence-corrected chi connectivity index (χ2v) is 3.06. The molecular formula is C11H13O4-. The van der Waals surface area contributed by atoms with E-state index < -0.39 is 5.97 Å². The molecule has 0 fully saturated rings. The Hall–Kier alpha value is -1.71. The van der Waals surface area contributed by atoms with Crippen LogP contribution in [0.2, 0.25) is 0 Å². The molecule has 82 valence electrons. The molecule has 0 atom stereocenters. The minimum atomic E-state index is -1.05. The fourth-order valence-corrected chi connectivity index (χ4v) is 1.28. The monoisotopic (exact) mass is 209 g/mol. The Morgan fingerprint density at radius 3 is 2.47 bits per heavy atom. The molecule has 0 aliphatic heterocycles. The average molecular weight is 209 g/mol. The fraction of sp³-hybridized carbons (Fsp3) is 0.364. The highest BCUT2D eigenvalue weighted by atomic mass is 16.5. The van der Waals surface area contributed by atoms with E-state index in [4.69, 9.17) is 9.47 Å². The predicted octanol–water partition coefficient (Wildman–Crippen LogP) is 0.386. The SMILES string of the molecule is COc1ccc(CCC(=O)[O-])cc1OC. The number of carbonyl (C=O) groups is 1. The molecule has 0 N–H and O–H groups in total. The highest BCUT2D eigenvalue weighted by Crippen LogP contribution is 2.27. The summed E-state index contributed by atoms with van der Waals surface area (Å²) in [6, 6.07) is 5.33. The first-order valence-electron chi connectivity index (χ1n) is 4.58. The number of carbonyl (C=O) groups excluding carboxylic acids is 1. The maximum absolute atomic E-state index is 10.3. The van der Waals surface area contributed by atoms with E-state index >= 15 is 0 Å². The van der Waals surface area contributed by atoms with Crippen molar-refractivity contribution in [3.05, 3.63) is 23.8 Å². The lowest BCUT2D eigenvalue weighted by Crippen LogP contribution is -2.22. The van der Waals surface area contributed by atoms with Gasteiger partial charge in [-0.05, 0) is 30.5 Å². The Kier molecular flexibility index (Phi) is 3.97. The number of carboxylic acids is 1. The van der Waals surface area contributed by atoms with Gasteiger partial charge in [0.2, 0.25) is 0 Å². The molecule has 0 aliphatic rings. The predicted molar refractivity (Wildman–Crippen MR) is 52.9 cm³/mol. The Morgan fingerprint density at radius 1 is 1.27 bits per heavy atom. The smallest absolute Gasteiger partial charge is 0.160 e. The summed E-state index contributed by atoms with van der Waals surface area (Å²) in [6.07, 6.45) is 0.443. The van der Waals surface area contributed by atoms with Crippen LogP contribution in [-0.4, -0.2) is 20.2 Å². The summed E-state index contributed by atoms with van der Waals surface area (Å²) in [5.74, 6) is 0.188. The number of aliphatic carboxylic acids is 1. The van der Waals surface area contributed by atoms with Crippen molar-refractivity contribution in [1.29, 1.82) is 0 Å². The number of benzene rings is 1. The maximum atomic E-state index is 10.3. The van der Waals surface area contributed by atoms with Gasteiger partial charge in [0, 0.05) is 5.97 Å². The highest BCUT2D eigenvalue weighted by molar-refractivity contribution is 5.64. The summed E-state index contributed by atoms with van der Waals surface area (Å²) in [4.78, 5) is 10.3. The fourth-order valence-electron chi connectivity index (χ4n) is 1.28. The molecule has 4 nitrogen and oxygen atoms in total. The molecule has 0 heterocycles. The van der Waals surface area contributed by atoms with Crippen LogP contribution in [0.25, 0.3) is 0 Å². The molecule has 0 radical (unpaired) electrons. The van der Waals surface area contributed by atoms with Crippen LogP contribution in [0.4, 0.5) is 0 Å². The van der Waals surface area contributed by atoms with Crippen LogP contribution in [-0.2, 0) is 11.2 Å². The normalized spacial score (nSPS) is 9.73. The number of rotatable bonds is 5. The van der Waals surface area contributed by atoms with Crippen molar-refractivity contribution in [2.75, 3.05) is 14.2 Å². The molecule has 0 amide bonds. The molecule has 0 saturated heterocycles. The van der Waals surface area contributed by atoms with Gasteiger partial charge in [-0.15, -0.1) is 0 Å². The second-order valence-electron chi connectivity index (χ2n) is 3.06. The molecule has 0 aromatic heterocycles. The third-order valence-electron chi connectivity index (χ3n) is 2.07. The van der Waals surface area contributed by atoms with E-state index in [9.17, 15) is 9.90 Å². The zero-order valence-electron chi connectivity index (χ0n) is 8.78. The van der Waals surface area contributed by atoms with Gasteiger partial charge in [0.15, 0.2) is 11.5 Å². The lowest BCUT2D eigenvalue weighted by Gasteiger charge is -2.09. The number of ether oxygens (including phenoxy) is 2. The van der Waals surface area contributed by atoms with E-state index in [0.717, 1.165) is 5.56 Å². The molecule has 0 aliphatic carbocycles. The summed E-state index contributed by atoms with van der Waals surface area (Å²) in [5, 5.41) is 10.3. The molecule has 15 heavy (non-hydrogen) atoms. The van der Waals surface area contributed by atoms with Crippen molar-refractivity contribution in [3.8, 4) is 11.5 Å². The van der Waals surface area contributed by atoms with Crippen LogP contribution >= 0.6 is 0 Å². The quantitative estimate of drug-likeness (QED) is 0.703. The molecule has 4 heteroatoms. The first-order chi connectivity index (χ1) is 7.17. The first-order valence-corrected chi connectivity index (χ1v) is 4.58. The summed E-state index contributed by atoms with van der Waals surface area (Å²) >= 11 is 0. The van der Waals surface area contributed by atoms with E-state index in [-0.39, 0.29) is 6.42 Å². The lowest BCUT2D eigenvalue weighted by atomic mass is 10.1. The molecule has 0 spiro atoms. The third-order valence-corrected chi connectivity index (χ3v) is 2.07. The van der Waals surface area contributed by atoms with Gasteiger partial charge in [-0.2, -0.15) is 0 Å². The summed E-state index contributed by atoms with van der Waals surface area (Å²) in [6.45, 7) is 0. The third kappa shape index (κ3) is 3.16. The minimum absolute atomic E-state index is 0.00941. The summed E-state index contributed by atoms with van der Waals surface area (Å²) in [5.41, 5.74) is 0.886. The molecule has 0 saturated carbocycles. The van der Waals surface area contributed by atoms with Gasteiger partial charge >= 0.3 is 0 Å². The maximum Gasteiger partial charge on any atom is 0.160 e. The van der Waals surface area contributed by atoms with Gasteiger partial charge < -0.3 is 19.4 Å². The Bertz CT molecular complexity index is 346. The number of carboxylic acid groups (broad SMARTS) is 1. The Morgan fingerprint density at radius 2 is 1.93 bits per heavy atom. The van der Waals surface area contributed by atoms with Gasteiger partial charge in [-0.25, -0.2) is 0 Å². The second kappa shape index (κ2) is 5.24. The van der Waals surface area contributed by atoms with Gasteiger partial charge in [0.25, 0.3) is 0 Å². The van der Waals surface area contributed by atoms with Gasteiger partial charge in [0.1, 0.15) is 0 Å². The number of hydrogen-bond acceptors (Lipinski definition) is 4. The number of methoxy groups -OCH3 is 2. The lowest BCUT2D eigenvalue weighted by molar-refractivity contribution is -0.305. The molecule has 1 aromatic carbocycles. The molecule has 0 bridgehead atoms. The van der Waals surface area contributed by atoms with Crippen LogP contribution < -0.4 is 14.6 Å². The van der Waals surface area contributed by atoms with E-state index in [1.165, 1.54) is 0 Å². The zero-order chi connectivity index (χ0) is 11.3. The van der Waals surface area contributed by atoms with Gasteiger partial charge in [-0.3, -0.25) is 0 Å². The van der Waals surface area contributed by atoms with Crippen LogP contribution in [0.15, 0.2) is 18.2 Å². The van der Waals surface area contributed by atoms with E-state index in [1.807, 2.05) is 6.07 Å². The first kappa shape index (κ1) is 11.4. The summed E-state index contributed by atoms with van der Waals surface area (Å²) in [7, 11) is 3.10. The minimum Gasteiger partial charge on any atom is -0.550 e. The standard InChI is InChI=1S/C11H14O4/c1-14-9-5-3-8(4-6-11(12)13)7-10(9)15-2/h3,5,7H,4,6H2,1-2H3,(H,12,13)/p-1. The van der Waals surface area contributed by atoms with Crippen molar-refractivity contribution in [2.24, 2.45) is 0 Å². The molecular weight excluding hydrogens is 196 g/mol. The van der Waals surface area contributed by atoms with Crippen molar-refractivity contribution >= 4 is 5.97 Å².